The lowest BCUT2D eigenvalue weighted by Gasteiger charge is -2.29. The Balaban J connectivity index is 1.50. The number of piperidine rings is 1. The summed E-state index contributed by atoms with van der Waals surface area (Å²) in [6, 6.07) is 0.253. The lowest BCUT2D eigenvalue weighted by atomic mass is 9.95. The number of likely N-dealkylation sites (tertiary alicyclic amines) is 1. The largest absolute Gasteiger partial charge is 0.481 e. The lowest BCUT2D eigenvalue weighted by Crippen LogP contribution is -2.40. The maximum Gasteiger partial charge on any atom is 0.306 e. The van der Waals surface area contributed by atoms with Gasteiger partial charge in [-0.1, -0.05) is 19.3 Å². The lowest BCUT2D eigenvalue weighted by molar-refractivity contribution is -0.143. The van der Waals surface area contributed by atoms with Gasteiger partial charge < -0.3 is 15.3 Å². The molecule has 1 aliphatic carbocycles. The summed E-state index contributed by atoms with van der Waals surface area (Å²) in [5.41, 5.74) is 0.434. The average molecular weight is 362 g/mol. The molecule has 8 heteroatoms. The summed E-state index contributed by atoms with van der Waals surface area (Å²) in [5, 5.41) is 16.2. The monoisotopic (exact) mass is 362 g/mol. The van der Waals surface area contributed by atoms with Gasteiger partial charge in [-0.15, -0.1) is 0 Å². The maximum absolute atomic E-state index is 12.5. The molecule has 1 saturated carbocycles. The van der Waals surface area contributed by atoms with Crippen LogP contribution < -0.4 is 5.32 Å². The van der Waals surface area contributed by atoms with Crippen LogP contribution in [0.2, 0.25) is 0 Å². The molecule has 2 aliphatic rings. The zero-order chi connectivity index (χ0) is 18.5. The topological polar surface area (TPSA) is 105 Å². The molecule has 26 heavy (non-hydrogen) atoms. The van der Waals surface area contributed by atoms with Crippen molar-refractivity contribution in [3.63, 3.8) is 0 Å². The number of rotatable bonds is 5. The van der Waals surface area contributed by atoms with Crippen LogP contribution in [0.15, 0.2) is 12.4 Å². The number of aromatic nitrogens is 2. The number of hydrogen-bond acceptors (Lipinski definition) is 4. The van der Waals surface area contributed by atoms with Gasteiger partial charge in [-0.2, -0.15) is 5.10 Å². The van der Waals surface area contributed by atoms with Gasteiger partial charge in [0.05, 0.1) is 17.7 Å². The number of nitrogens with one attached hydrogen (secondary N) is 1. The number of nitrogens with zero attached hydrogens (tertiary/aromatic N) is 3. The van der Waals surface area contributed by atoms with Crippen molar-refractivity contribution >= 4 is 17.8 Å². The Morgan fingerprint density at radius 1 is 1.12 bits per heavy atom. The molecule has 1 saturated heterocycles. The number of carbonyl (C=O) groups excluding carboxylic acids is 2. The first kappa shape index (κ1) is 18.4. The Bertz CT molecular complexity index is 658. The van der Waals surface area contributed by atoms with E-state index in [0.29, 0.717) is 31.5 Å². The third kappa shape index (κ3) is 4.62. The summed E-state index contributed by atoms with van der Waals surface area (Å²) < 4.78 is 1.48. The fraction of sp³-hybridized carbons (Fsp3) is 0.667. The number of carboxylic acids is 1. The third-order valence-electron chi connectivity index (χ3n) is 5.29. The Morgan fingerprint density at radius 3 is 2.46 bits per heavy atom. The standard InChI is InChI=1S/C18H26N4O4/c23-16(20-15-4-2-1-3-5-15)12-22-11-14(10-19-22)17(24)21-8-6-13(7-9-21)18(25)26/h10-11,13,15H,1-9,12H2,(H,20,23)(H,25,26). The van der Waals surface area contributed by atoms with E-state index in [2.05, 4.69) is 10.4 Å². The molecule has 2 amide bonds. The molecule has 1 aliphatic heterocycles. The molecule has 2 N–H and O–H groups in total. The molecule has 1 aromatic rings. The van der Waals surface area contributed by atoms with E-state index in [9.17, 15) is 14.4 Å². The first-order valence-electron chi connectivity index (χ1n) is 9.37. The van der Waals surface area contributed by atoms with Crippen molar-refractivity contribution in [1.29, 1.82) is 0 Å². The second-order valence-corrected chi connectivity index (χ2v) is 7.23. The highest BCUT2D eigenvalue weighted by molar-refractivity contribution is 5.94. The van der Waals surface area contributed by atoms with Crippen LogP contribution in [0.1, 0.15) is 55.3 Å². The number of carbonyl (C=O) groups is 3. The fourth-order valence-electron chi connectivity index (χ4n) is 3.74. The smallest absolute Gasteiger partial charge is 0.306 e. The van der Waals surface area contributed by atoms with Gasteiger partial charge >= 0.3 is 5.97 Å². The molecule has 3 rings (SSSR count). The highest BCUT2D eigenvalue weighted by Crippen LogP contribution is 2.19. The second-order valence-electron chi connectivity index (χ2n) is 7.23. The molecule has 0 atom stereocenters. The Kier molecular flexibility index (Phi) is 5.90. The van der Waals surface area contributed by atoms with E-state index in [0.717, 1.165) is 25.7 Å². The molecule has 8 nitrogen and oxygen atoms in total. The van der Waals surface area contributed by atoms with Crippen LogP contribution in [0.5, 0.6) is 0 Å². The minimum Gasteiger partial charge on any atom is -0.481 e. The second kappa shape index (κ2) is 8.33. The molecule has 0 bridgehead atoms. The van der Waals surface area contributed by atoms with Gasteiger partial charge in [0, 0.05) is 25.3 Å². The van der Waals surface area contributed by atoms with Gasteiger partial charge in [-0.25, -0.2) is 0 Å². The van der Waals surface area contributed by atoms with Crippen molar-refractivity contribution in [2.24, 2.45) is 5.92 Å². The summed E-state index contributed by atoms with van der Waals surface area (Å²) in [4.78, 5) is 37.3. The summed E-state index contributed by atoms with van der Waals surface area (Å²) in [6.45, 7) is 0.969. The number of aliphatic carboxylic acids is 1. The van der Waals surface area contributed by atoms with Crippen molar-refractivity contribution in [3.05, 3.63) is 18.0 Å². The summed E-state index contributed by atoms with van der Waals surface area (Å²) in [6.07, 6.45) is 9.61. The van der Waals surface area contributed by atoms with E-state index in [1.165, 1.54) is 17.3 Å². The first-order valence-corrected chi connectivity index (χ1v) is 9.37. The number of hydrogen-bond donors (Lipinski definition) is 2. The number of amides is 2. The van der Waals surface area contributed by atoms with E-state index >= 15 is 0 Å². The summed E-state index contributed by atoms with van der Waals surface area (Å²) >= 11 is 0. The predicted octanol–water partition coefficient (Wildman–Crippen LogP) is 1.27. The van der Waals surface area contributed by atoms with Gasteiger partial charge in [0.25, 0.3) is 5.91 Å². The van der Waals surface area contributed by atoms with Crippen molar-refractivity contribution in [3.8, 4) is 0 Å². The molecule has 0 radical (unpaired) electrons. The van der Waals surface area contributed by atoms with Gasteiger partial charge in [0.15, 0.2) is 0 Å². The third-order valence-corrected chi connectivity index (χ3v) is 5.29. The Hall–Kier alpha value is -2.38. The normalized spacial score (nSPS) is 19.3. The molecule has 0 aromatic carbocycles. The fourth-order valence-corrected chi connectivity index (χ4v) is 3.74. The average Bonchev–Trinajstić information content (AvgIpc) is 3.10. The minimum atomic E-state index is -0.797. The summed E-state index contributed by atoms with van der Waals surface area (Å²) in [7, 11) is 0. The SMILES string of the molecule is O=C(Cn1cc(C(=O)N2CCC(C(=O)O)CC2)cn1)NC1CCCCC1. The van der Waals surface area contributed by atoms with Crippen LogP contribution >= 0.6 is 0 Å². The van der Waals surface area contributed by atoms with Crippen LogP contribution in [-0.4, -0.2) is 56.7 Å². The highest BCUT2D eigenvalue weighted by atomic mass is 16.4. The van der Waals surface area contributed by atoms with Crippen LogP contribution in [0.25, 0.3) is 0 Å². The van der Waals surface area contributed by atoms with Gasteiger partial charge in [-0.3, -0.25) is 19.1 Å². The molecule has 0 spiro atoms. The molecular weight excluding hydrogens is 336 g/mol. The van der Waals surface area contributed by atoms with E-state index in [1.54, 1.807) is 11.1 Å². The first-order chi connectivity index (χ1) is 12.5. The molecule has 1 aromatic heterocycles. The van der Waals surface area contributed by atoms with Crippen molar-refractivity contribution in [2.45, 2.75) is 57.5 Å². The van der Waals surface area contributed by atoms with Gasteiger partial charge in [0.2, 0.25) is 5.91 Å². The van der Waals surface area contributed by atoms with Crippen molar-refractivity contribution < 1.29 is 19.5 Å². The molecule has 2 fully saturated rings. The predicted molar refractivity (Wildman–Crippen MR) is 93.5 cm³/mol. The van der Waals surface area contributed by atoms with Crippen LogP contribution in [0.4, 0.5) is 0 Å². The van der Waals surface area contributed by atoms with Crippen molar-refractivity contribution in [2.75, 3.05) is 13.1 Å². The van der Waals surface area contributed by atoms with E-state index in [4.69, 9.17) is 5.11 Å². The van der Waals surface area contributed by atoms with E-state index in [-0.39, 0.29) is 30.3 Å². The molecule has 142 valence electrons. The molecular formula is C18H26N4O4. The highest BCUT2D eigenvalue weighted by Gasteiger charge is 2.28. The Labute approximate surface area is 152 Å². The Morgan fingerprint density at radius 2 is 1.81 bits per heavy atom. The van der Waals surface area contributed by atoms with Crippen LogP contribution in [0.3, 0.4) is 0 Å². The minimum absolute atomic E-state index is 0.0822. The van der Waals surface area contributed by atoms with E-state index in [1.807, 2.05) is 0 Å². The quantitative estimate of drug-likeness (QED) is 0.821. The molecule has 2 heterocycles. The molecule has 0 unspecified atom stereocenters. The zero-order valence-corrected chi connectivity index (χ0v) is 14.9. The van der Waals surface area contributed by atoms with Gasteiger partial charge in [-0.05, 0) is 25.7 Å². The van der Waals surface area contributed by atoms with Crippen LogP contribution in [0, 0.1) is 5.92 Å². The zero-order valence-electron chi connectivity index (χ0n) is 14.9. The van der Waals surface area contributed by atoms with Crippen LogP contribution in [-0.2, 0) is 16.1 Å². The number of carboxylic acid groups (broad SMARTS) is 1. The van der Waals surface area contributed by atoms with Crippen molar-refractivity contribution in [1.82, 2.24) is 20.0 Å². The van der Waals surface area contributed by atoms with E-state index < -0.39 is 5.97 Å². The maximum atomic E-state index is 12.5. The van der Waals surface area contributed by atoms with Gasteiger partial charge in [0.1, 0.15) is 6.54 Å². The summed E-state index contributed by atoms with van der Waals surface area (Å²) in [5.74, 6) is -1.41.